The van der Waals surface area contributed by atoms with E-state index in [4.69, 9.17) is 4.74 Å². The Morgan fingerprint density at radius 1 is 1.12 bits per heavy atom. The monoisotopic (exact) mass is 366 g/mol. The molecule has 2 rings (SSSR count). The summed E-state index contributed by atoms with van der Waals surface area (Å²) < 4.78 is 43.6. The van der Waals surface area contributed by atoms with Crippen LogP contribution in [0.1, 0.15) is 24.0 Å². The summed E-state index contributed by atoms with van der Waals surface area (Å²) in [5.41, 5.74) is 0.377. The lowest BCUT2D eigenvalue weighted by Crippen LogP contribution is -2.15. The average Bonchev–Trinajstić information content (AvgIpc) is 2.61. The molecule has 1 amide bonds. The smallest absolute Gasteiger partial charge is 0.416 e. The fourth-order valence-electron chi connectivity index (χ4n) is 2.29. The van der Waals surface area contributed by atoms with Crippen LogP contribution in [-0.4, -0.2) is 19.5 Å². The first-order valence-electron chi connectivity index (χ1n) is 8.22. The van der Waals surface area contributed by atoms with E-state index < -0.39 is 11.7 Å². The number of halogens is 3. The first-order chi connectivity index (χ1) is 12.4. The van der Waals surface area contributed by atoms with Crippen LogP contribution in [0.2, 0.25) is 0 Å². The Kier molecular flexibility index (Phi) is 7.03. The fraction of sp³-hybridized carbons (Fsp3) is 0.316. The predicted molar refractivity (Wildman–Crippen MR) is 94.0 cm³/mol. The van der Waals surface area contributed by atoms with Crippen molar-refractivity contribution in [2.45, 2.75) is 25.6 Å². The Labute approximate surface area is 150 Å². The molecule has 0 aliphatic heterocycles. The van der Waals surface area contributed by atoms with Gasteiger partial charge < -0.3 is 15.4 Å². The van der Waals surface area contributed by atoms with Crippen LogP contribution in [0.25, 0.3) is 0 Å². The van der Waals surface area contributed by atoms with Gasteiger partial charge in [-0.25, -0.2) is 0 Å². The largest absolute Gasteiger partial charge is 0.489 e. The van der Waals surface area contributed by atoms with E-state index in [1.165, 1.54) is 6.07 Å². The molecule has 2 aromatic rings. The molecule has 0 spiro atoms. The maximum atomic E-state index is 12.7. The summed E-state index contributed by atoms with van der Waals surface area (Å²) in [5.74, 6) is 0.438. The normalized spacial score (nSPS) is 11.2. The number of amides is 1. The van der Waals surface area contributed by atoms with Crippen molar-refractivity contribution < 1.29 is 22.7 Å². The second-order valence-corrected chi connectivity index (χ2v) is 5.77. The summed E-state index contributed by atoms with van der Waals surface area (Å²) in [6.07, 6.45) is -3.20. The van der Waals surface area contributed by atoms with Gasteiger partial charge in [0, 0.05) is 12.1 Å². The van der Waals surface area contributed by atoms with Gasteiger partial charge in [0.05, 0.1) is 5.56 Å². The summed E-state index contributed by atoms with van der Waals surface area (Å²) in [6, 6.07) is 11.7. The van der Waals surface area contributed by atoms with Crippen LogP contribution in [0, 0.1) is 0 Å². The third kappa shape index (κ3) is 6.40. The van der Waals surface area contributed by atoms with Crippen LogP contribution in [0.4, 0.5) is 18.9 Å². The van der Waals surface area contributed by atoms with E-state index in [2.05, 4.69) is 10.6 Å². The number of benzene rings is 2. The Balaban J connectivity index is 1.87. The van der Waals surface area contributed by atoms with Crippen molar-refractivity contribution in [1.82, 2.24) is 5.32 Å². The van der Waals surface area contributed by atoms with E-state index in [0.717, 1.165) is 25.1 Å². The molecule has 0 radical (unpaired) electrons. The first kappa shape index (κ1) is 19.8. The van der Waals surface area contributed by atoms with Crippen molar-refractivity contribution in [2.24, 2.45) is 0 Å². The summed E-state index contributed by atoms with van der Waals surface area (Å²) in [4.78, 5) is 11.7. The molecule has 0 bridgehead atoms. The maximum Gasteiger partial charge on any atom is 0.416 e. The van der Waals surface area contributed by atoms with E-state index in [0.29, 0.717) is 23.4 Å². The molecule has 4 nitrogen and oxygen atoms in total. The van der Waals surface area contributed by atoms with Crippen molar-refractivity contribution in [1.29, 1.82) is 0 Å². The Morgan fingerprint density at radius 3 is 2.50 bits per heavy atom. The minimum Gasteiger partial charge on any atom is -0.489 e. The zero-order valence-corrected chi connectivity index (χ0v) is 14.4. The number of carbonyl (C=O) groups is 1. The summed E-state index contributed by atoms with van der Waals surface area (Å²) >= 11 is 0. The molecule has 140 valence electrons. The maximum absolute atomic E-state index is 12.7. The molecular weight excluding hydrogens is 345 g/mol. The average molecular weight is 366 g/mol. The summed E-state index contributed by atoms with van der Waals surface area (Å²) in [6.45, 7) is 0.801. The Bertz CT molecular complexity index is 715. The number of rotatable bonds is 8. The quantitative estimate of drug-likeness (QED) is 0.688. The third-order valence-electron chi connectivity index (χ3n) is 3.63. The molecule has 26 heavy (non-hydrogen) atoms. The highest BCUT2D eigenvalue weighted by Crippen LogP contribution is 2.29. The number of carbonyl (C=O) groups excluding carboxylic acids is 1. The van der Waals surface area contributed by atoms with Crippen molar-refractivity contribution in [3.8, 4) is 5.75 Å². The Morgan fingerprint density at radius 2 is 1.85 bits per heavy atom. The van der Waals surface area contributed by atoms with E-state index in [1.807, 2.05) is 7.05 Å². The summed E-state index contributed by atoms with van der Waals surface area (Å²) in [5, 5.41) is 5.75. The highest BCUT2D eigenvalue weighted by Gasteiger charge is 2.30. The van der Waals surface area contributed by atoms with Crippen molar-refractivity contribution in [3.05, 3.63) is 59.7 Å². The summed E-state index contributed by atoms with van der Waals surface area (Å²) in [7, 11) is 1.83. The minimum atomic E-state index is -4.37. The molecule has 0 aromatic heterocycles. The second-order valence-electron chi connectivity index (χ2n) is 5.77. The first-order valence-corrected chi connectivity index (χ1v) is 8.22. The molecule has 0 saturated heterocycles. The molecule has 2 N–H and O–H groups in total. The molecule has 0 saturated carbocycles. The topological polar surface area (TPSA) is 50.4 Å². The lowest BCUT2D eigenvalue weighted by molar-refractivity contribution is -0.137. The lowest BCUT2D eigenvalue weighted by atomic mass is 10.1. The van der Waals surface area contributed by atoms with Crippen molar-refractivity contribution in [2.75, 3.05) is 18.9 Å². The highest BCUT2D eigenvalue weighted by molar-refractivity contribution is 5.90. The molecule has 0 aliphatic carbocycles. The fourth-order valence-corrected chi connectivity index (χ4v) is 2.29. The number of hydrogen-bond donors (Lipinski definition) is 2. The number of nitrogens with one attached hydrogen (secondary N) is 2. The molecular formula is C19H21F3N2O2. The molecule has 2 aromatic carbocycles. The van der Waals surface area contributed by atoms with Crippen LogP contribution in [0.15, 0.2) is 48.5 Å². The van der Waals surface area contributed by atoms with Crippen LogP contribution in [0.5, 0.6) is 5.75 Å². The molecule has 7 heteroatoms. The zero-order chi connectivity index (χ0) is 19.0. The number of hydrogen-bond acceptors (Lipinski definition) is 3. The molecule has 0 fully saturated rings. The standard InChI is InChI=1S/C19H21F3N2O2/c1-23-11-3-6-18(25)24-16-7-9-17(10-8-16)26-13-14-4-2-5-15(12-14)19(20,21)22/h2,4-5,7-10,12,23H,3,6,11,13H2,1H3,(H,24,25). The molecule has 0 atom stereocenters. The van der Waals surface area contributed by atoms with E-state index in [1.54, 1.807) is 30.3 Å². The Hall–Kier alpha value is -2.54. The van der Waals surface area contributed by atoms with Crippen molar-refractivity contribution >= 4 is 11.6 Å². The number of ether oxygens (including phenoxy) is 1. The molecule has 0 unspecified atom stereocenters. The van der Waals surface area contributed by atoms with E-state index in [-0.39, 0.29) is 12.5 Å². The van der Waals surface area contributed by atoms with Gasteiger partial charge in [-0.15, -0.1) is 0 Å². The number of anilines is 1. The van der Waals surface area contributed by atoms with Gasteiger partial charge >= 0.3 is 6.18 Å². The zero-order valence-electron chi connectivity index (χ0n) is 14.4. The molecule has 0 heterocycles. The van der Waals surface area contributed by atoms with Gasteiger partial charge in [0.15, 0.2) is 0 Å². The van der Waals surface area contributed by atoms with E-state index in [9.17, 15) is 18.0 Å². The van der Waals surface area contributed by atoms with E-state index >= 15 is 0 Å². The lowest BCUT2D eigenvalue weighted by Gasteiger charge is -2.11. The van der Waals surface area contributed by atoms with Gasteiger partial charge in [-0.05, 0) is 62.0 Å². The van der Waals surface area contributed by atoms with Crippen LogP contribution in [0.3, 0.4) is 0 Å². The van der Waals surface area contributed by atoms with Crippen LogP contribution >= 0.6 is 0 Å². The van der Waals surface area contributed by atoms with Gasteiger partial charge in [0.25, 0.3) is 0 Å². The van der Waals surface area contributed by atoms with Gasteiger partial charge in [-0.3, -0.25) is 4.79 Å². The van der Waals surface area contributed by atoms with Crippen LogP contribution < -0.4 is 15.4 Å². The van der Waals surface area contributed by atoms with Gasteiger partial charge in [0.2, 0.25) is 5.91 Å². The molecule has 0 aliphatic rings. The SMILES string of the molecule is CNCCCC(=O)Nc1ccc(OCc2cccc(C(F)(F)F)c2)cc1. The second kappa shape index (κ2) is 9.24. The van der Waals surface area contributed by atoms with Gasteiger partial charge in [0.1, 0.15) is 12.4 Å². The van der Waals surface area contributed by atoms with Gasteiger partial charge in [-0.2, -0.15) is 13.2 Å². The van der Waals surface area contributed by atoms with Crippen molar-refractivity contribution in [3.63, 3.8) is 0 Å². The van der Waals surface area contributed by atoms with Gasteiger partial charge in [-0.1, -0.05) is 12.1 Å². The highest BCUT2D eigenvalue weighted by atomic mass is 19.4. The third-order valence-corrected chi connectivity index (χ3v) is 3.63. The van der Waals surface area contributed by atoms with Crippen LogP contribution in [-0.2, 0) is 17.6 Å². The minimum absolute atomic E-state index is 0.0274. The predicted octanol–water partition coefficient (Wildman–Crippen LogP) is 4.22. The number of alkyl halides is 3.